The van der Waals surface area contributed by atoms with Crippen molar-refractivity contribution in [3.05, 3.63) is 35.2 Å². The SMILES string of the molecule is CCC1(CNCc2cn3cc(Cl)ccc3n2)CCCC1. The highest BCUT2D eigenvalue weighted by Crippen LogP contribution is 2.40. The highest BCUT2D eigenvalue weighted by molar-refractivity contribution is 6.30. The van der Waals surface area contributed by atoms with E-state index in [0.29, 0.717) is 5.41 Å². The molecule has 0 aromatic carbocycles. The van der Waals surface area contributed by atoms with Crippen LogP contribution in [0, 0.1) is 5.41 Å². The summed E-state index contributed by atoms with van der Waals surface area (Å²) in [4.78, 5) is 4.61. The van der Waals surface area contributed by atoms with Crippen molar-refractivity contribution in [2.24, 2.45) is 5.41 Å². The quantitative estimate of drug-likeness (QED) is 0.900. The zero-order valence-corrected chi connectivity index (χ0v) is 12.8. The van der Waals surface area contributed by atoms with Gasteiger partial charge in [0.15, 0.2) is 0 Å². The lowest BCUT2D eigenvalue weighted by Crippen LogP contribution is -2.31. The summed E-state index contributed by atoms with van der Waals surface area (Å²) in [5.41, 5.74) is 2.57. The average Bonchev–Trinajstić information content (AvgIpc) is 3.05. The Hall–Kier alpha value is -1.06. The zero-order chi connectivity index (χ0) is 14.0. The van der Waals surface area contributed by atoms with Gasteiger partial charge in [-0.2, -0.15) is 0 Å². The highest BCUT2D eigenvalue weighted by atomic mass is 35.5. The number of fused-ring (bicyclic) bond motifs is 1. The lowest BCUT2D eigenvalue weighted by atomic mass is 9.83. The summed E-state index contributed by atoms with van der Waals surface area (Å²) in [6, 6.07) is 3.84. The molecule has 2 heterocycles. The summed E-state index contributed by atoms with van der Waals surface area (Å²) in [5, 5.41) is 4.34. The number of imidazole rings is 1. The molecular formula is C16H22ClN3. The van der Waals surface area contributed by atoms with Crippen molar-refractivity contribution in [3.8, 4) is 0 Å². The third kappa shape index (κ3) is 2.84. The highest BCUT2D eigenvalue weighted by Gasteiger charge is 2.31. The van der Waals surface area contributed by atoms with E-state index in [9.17, 15) is 0 Å². The second-order valence-corrected chi connectivity index (χ2v) is 6.45. The van der Waals surface area contributed by atoms with Gasteiger partial charge in [0.2, 0.25) is 0 Å². The number of nitrogens with zero attached hydrogens (tertiary/aromatic N) is 2. The lowest BCUT2D eigenvalue weighted by molar-refractivity contribution is 0.268. The summed E-state index contributed by atoms with van der Waals surface area (Å²) in [6.07, 6.45) is 10.8. The van der Waals surface area contributed by atoms with Crippen molar-refractivity contribution in [1.29, 1.82) is 0 Å². The molecule has 2 aromatic rings. The summed E-state index contributed by atoms with van der Waals surface area (Å²) >= 11 is 5.99. The van der Waals surface area contributed by atoms with Gasteiger partial charge in [0.05, 0.1) is 10.7 Å². The Bertz CT molecular complexity index is 584. The largest absolute Gasteiger partial charge is 0.311 e. The van der Waals surface area contributed by atoms with Crippen LogP contribution < -0.4 is 5.32 Å². The minimum absolute atomic E-state index is 0.530. The van der Waals surface area contributed by atoms with E-state index in [2.05, 4.69) is 23.4 Å². The van der Waals surface area contributed by atoms with E-state index < -0.39 is 0 Å². The van der Waals surface area contributed by atoms with Gasteiger partial charge in [-0.25, -0.2) is 4.98 Å². The van der Waals surface area contributed by atoms with Crippen LogP contribution >= 0.6 is 11.6 Å². The van der Waals surface area contributed by atoms with Crippen LogP contribution in [-0.4, -0.2) is 15.9 Å². The van der Waals surface area contributed by atoms with E-state index in [4.69, 9.17) is 11.6 Å². The molecule has 2 aromatic heterocycles. The van der Waals surface area contributed by atoms with Gasteiger partial charge in [0.1, 0.15) is 5.65 Å². The molecule has 1 aliphatic carbocycles. The smallest absolute Gasteiger partial charge is 0.137 e. The number of nitrogens with one attached hydrogen (secondary N) is 1. The van der Waals surface area contributed by atoms with Crippen LogP contribution in [-0.2, 0) is 6.54 Å². The van der Waals surface area contributed by atoms with Crippen molar-refractivity contribution in [2.75, 3.05) is 6.54 Å². The molecule has 3 rings (SSSR count). The molecule has 0 radical (unpaired) electrons. The Balaban J connectivity index is 1.62. The number of hydrogen-bond donors (Lipinski definition) is 1. The molecule has 1 aliphatic rings. The Labute approximate surface area is 125 Å². The Morgan fingerprint density at radius 3 is 2.85 bits per heavy atom. The van der Waals surface area contributed by atoms with Crippen LogP contribution in [0.5, 0.6) is 0 Å². The van der Waals surface area contributed by atoms with Crippen molar-refractivity contribution in [1.82, 2.24) is 14.7 Å². The van der Waals surface area contributed by atoms with Crippen LogP contribution in [0.15, 0.2) is 24.5 Å². The van der Waals surface area contributed by atoms with E-state index in [-0.39, 0.29) is 0 Å². The van der Waals surface area contributed by atoms with Crippen molar-refractivity contribution < 1.29 is 0 Å². The molecule has 0 atom stereocenters. The molecule has 108 valence electrons. The van der Waals surface area contributed by atoms with E-state index in [0.717, 1.165) is 29.5 Å². The molecule has 3 nitrogen and oxygen atoms in total. The number of rotatable bonds is 5. The molecule has 1 saturated carbocycles. The first kappa shape index (κ1) is 13.9. The minimum Gasteiger partial charge on any atom is -0.311 e. The van der Waals surface area contributed by atoms with Gasteiger partial charge in [-0.15, -0.1) is 0 Å². The maximum Gasteiger partial charge on any atom is 0.137 e. The predicted octanol–water partition coefficient (Wildman–Crippen LogP) is 4.05. The topological polar surface area (TPSA) is 29.3 Å². The molecule has 0 bridgehead atoms. The monoisotopic (exact) mass is 291 g/mol. The minimum atomic E-state index is 0.530. The normalized spacial score (nSPS) is 17.9. The van der Waals surface area contributed by atoms with E-state index in [1.165, 1.54) is 32.1 Å². The fourth-order valence-electron chi connectivity index (χ4n) is 3.34. The van der Waals surface area contributed by atoms with Gasteiger partial charge >= 0.3 is 0 Å². The Morgan fingerprint density at radius 2 is 2.10 bits per heavy atom. The molecule has 1 N–H and O–H groups in total. The van der Waals surface area contributed by atoms with Crippen molar-refractivity contribution in [3.63, 3.8) is 0 Å². The molecule has 0 amide bonds. The van der Waals surface area contributed by atoms with Gasteiger partial charge < -0.3 is 9.72 Å². The van der Waals surface area contributed by atoms with E-state index in [1.807, 2.05) is 22.7 Å². The Kier molecular flexibility index (Phi) is 3.99. The molecular weight excluding hydrogens is 270 g/mol. The second kappa shape index (κ2) is 5.74. The fraction of sp³-hybridized carbons (Fsp3) is 0.562. The number of pyridine rings is 1. The maximum atomic E-state index is 5.99. The lowest BCUT2D eigenvalue weighted by Gasteiger charge is -2.27. The molecule has 20 heavy (non-hydrogen) atoms. The van der Waals surface area contributed by atoms with Gasteiger partial charge in [-0.1, -0.05) is 31.4 Å². The second-order valence-electron chi connectivity index (χ2n) is 6.01. The predicted molar refractivity (Wildman–Crippen MR) is 83.1 cm³/mol. The van der Waals surface area contributed by atoms with Gasteiger partial charge in [0, 0.05) is 25.5 Å². The maximum absolute atomic E-state index is 5.99. The van der Waals surface area contributed by atoms with Crippen LogP contribution in [0.3, 0.4) is 0 Å². The van der Waals surface area contributed by atoms with Crippen molar-refractivity contribution >= 4 is 17.2 Å². The molecule has 0 aliphatic heterocycles. The summed E-state index contributed by atoms with van der Waals surface area (Å²) in [7, 11) is 0. The summed E-state index contributed by atoms with van der Waals surface area (Å²) in [6.45, 7) is 4.26. The number of hydrogen-bond acceptors (Lipinski definition) is 2. The first-order valence-electron chi connectivity index (χ1n) is 7.55. The molecule has 0 spiro atoms. The number of halogens is 1. The molecule has 4 heteroatoms. The third-order valence-electron chi connectivity index (χ3n) is 4.69. The molecule has 0 unspecified atom stereocenters. The fourth-order valence-corrected chi connectivity index (χ4v) is 3.51. The number of aromatic nitrogens is 2. The van der Waals surface area contributed by atoms with Crippen LogP contribution in [0.1, 0.15) is 44.7 Å². The van der Waals surface area contributed by atoms with Crippen LogP contribution in [0.25, 0.3) is 5.65 Å². The van der Waals surface area contributed by atoms with Crippen molar-refractivity contribution in [2.45, 2.75) is 45.6 Å². The van der Waals surface area contributed by atoms with Gasteiger partial charge in [-0.3, -0.25) is 0 Å². The summed E-state index contributed by atoms with van der Waals surface area (Å²) < 4.78 is 1.99. The standard InChI is InChI=1S/C16H22ClN3/c1-2-16(7-3-4-8-16)12-18-9-14-11-20-10-13(17)5-6-15(20)19-14/h5-6,10-11,18H,2-4,7-9,12H2,1H3. The van der Waals surface area contributed by atoms with Crippen LogP contribution in [0.2, 0.25) is 5.02 Å². The zero-order valence-electron chi connectivity index (χ0n) is 12.0. The molecule has 0 saturated heterocycles. The van der Waals surface area contributed by atoms with Crippen LogP contribution in [0.4, 0.5) is 0 Å². The third-order valence-corrected chi connectivity index (χ3v) is 4.91. The van der Waals surface area contributed by atoms with E-state index in [1.54, 1.807) is 0 Å². The first-order chi connectivity index (χ1) is 9.71. The van der Waals surface area contributed by atoms with E-state index >= 15 is 0 Å². The molecule has 1 fully saturated rings. The Morgan fingerprint density at radius 1 is 1.30 bits per heavy atom. The summed E-state index contributed by atoms with van der Waals surface area (Å²) in [5.74, 6) is 0. The average molecular weight is 292 g/mol. The van der Waals surface area contributed by atoms with Gasteiger partial charge in [0.25, 0.3) is 0 Å². The first-order valence-corrected chi connectivity index (χ1v) is 7.92. The van der Waals surface area contributed by atoms with Gasteiger partial charge in [-0.05, 0) is 36.8 Å².